The molecule has 1 aromatic carbocycles. The van der Waals surface area contributed by atoms with Gasteiger partial charge in [0, 0.05) is 13.1 Å². The minimum absolute atomic E-state index is 0.0256. The van der Waals surface area contributed by atoms with Crippen LogP contribution in [0.25, 0.3) is 0 Å². The van der Waals surface area contributed by atoms with Gasteiger partial charge in [0.25, 0.3) is 5.91 Å². The van der Waals surface area contributed by atoms with Crippen molar-refractivity contribution >= 4 is 23.5 Å². The molecule has 0 aliphatic carbocycles. The number of hydrogen-bond acceptors (Lipinski definition) is 6. The summed E-state index contributed by atoms with van der Waals surface area (Å²) in [6, 6.07) is 2.59. The van der Waals surface area contributed by atoms with Gasteiger partial charge in [-0.15, -0.1) is 0 Å². The second-order valence-corrected chi connectivity index (χ2v) is 5.21. The van der Waals surface area contributed by atoms with Crippen LogP contribution in [-0.2, 0) is 14.3 Å². The van der Waals surface area contributed by atoms with Gasteiger partial charge in [-0.05, 0) is 19.1 Å². The van der Waals surface area contributed by atoms with Crippen molar-refractivity contribution < 1.29 is 28.9 Å². The Balaban J connectivity index is 1.98. The number of amides is 1. The zero-order valence-electron chi connectivity index (χ0n) is 12.7. The first kappa shape index (κ1) is 17.4. The number of aromatic hydroxyl groups is 1. The summed E-state index contributed by atoms with van der Waals surface area (Å²) < 4.78 is 15.4. The molecule has 23 heavy (non-hydrogen) atoms. The molecule has 1 N–H and O–H groups in total. The van der Waals surface area contributed by atoms with E-state index in [0.717, 1.165) is 0 Å². The molecule has 0 aromatic heterocycles. The van der Waals surface area contributed by atoms with Crippen LogP contribution in [0.2, 0.25) is 5.02 Å². The quantitative estimate of drug-likeness (QED) is 0.815. The Morgan fingerprint density at radius 1 is 1.35 bits per heavy atom. The van der Waals surface area contributed by atoms with Crippen molar-refractivity contribution in [1.82, 2.24) is 4.90 Å². The summed E-state index contributed by atoms with van der Waals surface area (Å²) in [5.74, 6) is -1.15. The predicted molar refractivity (Wildman–Crippen MR) is 82.0 cm³/mol. The largest absolute Gasteiger partial charge is 0.503 e. The molecule has 0 spiro atoms. The maximum absolute atomic E-state index is 12.0. The molecular weight excluding hydrogens is 326 g/mol. The van der Waals surface area contributed by atoms with Crippen LogP contribution in [0.3, 0.4) is 0 Å². The molecule has 0 saturated carbocycles. The van der Waals surface area contributed by atoms with E-state index in [1.165, 1.54) is 12.1 Å². The molecule has 1 aliphatic heterocycles. The highest BCUT2D eigenvalue weighted by Gasteiger charge is 2.20. The van der Waals surface area contributed by atoms with E-state index in [2.05, 4.69) is 0 Å². The summed E-state index contributed by atoms with van der Waals surface area (Å²) in [6.45, 7) is 3.60. The van der Waals surface area contributed by atoms with Crippen LogP contribution in [0.15, 0.2) is 12.1 Å². The molecule has 1 aliphatic rings. The molecule has 126 valence electrons. The first-order valence-corrected chi connectivity index (χ1v) is 7.58. The Bertz CT molecular complexity index is 586. The lowest BCUT2D eigenvalue weighted by atomic mass is 10.2. The number of morpholine rings is 1. The average Bonchev–Trinajstić information content (AvgIpc) is 2.57. The molecule has 8 heteroatoms. The molecule has 7 nitrogen and oxygen atoms in total. The number of halogens is 1. The van der Waals surface area contributed by atoms with Gasteiger partial charge in [-0.2, -0.15) is 0 Å². The fourth-order valence-electron chi connectivity index (χ4n) is 2.07. The van der Waals surface area contributed by atoms with Crippen molar-refractivity contribution in [3.05, 3.63) is 22.7 Å². The van der Waals surface area contributed by atoms with Crippen LogP contribution in [-0.4, -0.2) is 61.4 Å². The van der Waals surface area contributed by atoms with Crippen LogP contribution in [0.5, 0.6) is 11.5 Å². The smallest absolute Gasteiger partial charge is 0.338 e. The Morgan fingerprint density at radius 2 is 2.04 bits per heavy atom. The number of nitrogens with zero attached hydrogens (tertiary/aromatic N) is 1. The van der Waals surface area contributed by atoms with E-state index in [1.54, 1.807) is 11.8 Å². The zero-order valence-corrected chi connectivity index (χ0v) is 13.5. The van der Waals surface area contributed by atoms with Gasteiger partial charge >= 0.3 is 5.97 Å². The molecular formula is C15H18ClNO6. The highest BCUT2D eigenvalue weighted by molar-refractivity contribution is 6.32. The minimum Gasteiger partial charge on any atom is -0.503 e. The Hall–Kier alpha value is -1.99. The maximum Gasteiger partial charge on any atom is 0.338 e. The zero-order chi connectivity index (χ0) is 16.8. The normalized spacial score (nSPS) is 14.4. The number of hydrogen-bond donors (Lipinski definition) is 1. The monoisotopic (exact) mass is 343 g/mol. The van der Waals surface area contributed by atoms with Crippen molar-refractivity contribution in [3.63, 3.8) is 0 Å². The molecule has 1 fully saturated rings. The van der Waals surface area contributed by atoms with Gasteiger partial charge in [0.2, 0.25) is 0 Å². The van der Waals surface area contributed by atoms with E-state index in [4.69, 9.17) is 25.8 Å². The van der Waals surface area contributed by atoms with Crippen molar-refractivity contribution in [2.24, 2.45) is 0 Å². The van der Waals surface area contributed by atoms with E-state index in [1.807, 2.05) is 0 Å². The summed E-state index contributed by atoms with van der Waals surface area (Å²) in [7, 11) is 0. The molecule has 1 aromatic rings. The fourth-order valence-corrected chi connectivity index (χ4v) is 2.28. The Morgan fingerprint density at radius 3 is 2.70 bits per heavy atom. The Kier molecular flexibility index (Phi) is 6.06. The van der Waals surface area contributed by atoms with Gasteiger partial charge in [-0.3, -0.25) is 4.79 Å². The van der Waals surface area contributed by atoms with Gasteiger partial charge in [0.15, 0.2) is 18.1 Å². The number of ether oxygens (including phenoxy) is 3. The number of rotatable bonds is 5. The highest BCUT2D eigenvalue weighted by atomic mass is 35.5. The van der Waals surface area contributed by atoms with Gasteiger partial charge in [-0.1, -0.05) is 11.6 Å². The second kappa shape index (κ2) is 8.03. The van der Waals surface area contributed by atoms with Crippen LogP contribution in [0.4, 0.5) is 0 Å². The van der Waals surface area contributed by atoms with Crippen molar-refractivity contribution in [2.75, 3.05) is 39.5 Å². The molecule has 1 saturated heterocycles. The summed E-state index contributed by atoms with van der Waals surface area (Å²) in [4.78, 5) is 25.5. The fraction of sp³-hybridized carbons (Fsp3) is 0.467. The van der Waals surface area contributed by atoms with E-state index in [0.29, 0.717) is 32.9 Å². The lowest BCUT2D eigenvalue weighted by molar-refractivity contribution is -0.138. The first-order valence-electron chi connectivity index (χ1n) is 7.21. The standard InChI is InChI=1S/C15H18ClNO6/c1-2-22-12-8-10(7-11(16)14(12)19)15(20)23-9-13(18)17-3-5-21-6-4-17/h7-8,19H,2-6,9H2,1H3. The van der Waals surface area contributed by atoms with Crippen molar-refractivity contribution in [3.8, 4) is 11.5 Å². The number of benzene rings is 1. The minimum atomic E-state index is -0.713. The molecule has 2 rings (SSSR count). The highest BCUT2D eigenvalue weighted by Crippen LogP contribution is 2.35. The predicted octanol–water partition coefficient (Wildman–Crippen LogP) is 1.46. The summed E-state index contributed by atoms with van der Waals surface area (Å²) in [5.41, 5.74) is 0.103. The van der Waals surface area contributed by atoms with Crippen molar-refractivity contribution in [1.29, 1.82) is 0 Å². The van der Waals surface area contributed by atoms with Crippen LogP contribution >= 0.6 is 11.6 Å². The summed E-state index contributed by atoms with van der Waals surface area (Å²) >= 11 is 5.86. The summed E-state index contributed by atoms with van der Waals surface area (Å²) in [5, 5.41) is 9.72. The first-order chi connectivity index (χ1) is 11.0. The third kappa shape index (κ3) is 4.49. The van der Waals surface area contributed by atoms with E-state index >= 15 is 0 Å². The topological polar surface area (TPSA) is 85.3 Å². The SMILES string of the molecule is CCOc1cc(C(=O)OCC(=O)N2CCOCC2)cc(Cl)c1O. The molecule has 0 atom stereocenters. The number of phenols is 1. The third-order valence-electron chi connectivity index (χ3n) is 3.25. The number of carbonyl (C=O) groups is 2. The maximum atomic E-state index is 12.0. The lowest BCUT2D eigenvalue weighted by Gasteiger charge is -2.26. The van der Waals surface area contributed by atoms with Gasteiger partial charge in [0.1, 0.15) is 0 Å². The van der Waals surface area contributed by atoms with E-state index in [-0.39, 0.29) is 34.6 Å². The van der Waals surface area contributed by atoms with Crippen molar-refractivity contribution in [2.45, 2.75) is 6.92 Å². The van der Waals surface area contributed by atoms with Crippen LogP contribution in [0.1, 0.15) is 17.3 Å². The number of esters is 1. The van der Waals surface area contributed by atoms with E-state index in [9.17, 15) is 14.7 Å². The molecule has 1 amide bonds. The Labute approximate surface area is 138 Å². The van der Waals surface area contributed by atoms with Crippen LogP contribution in [0, 0.1) is 0 Å². The number of phenolic OH excluding ortho intramolecular Hbond substituents is 1. The lowest BCUT2D eigenvalue weighted by Crippen LogP contribution is -2.42. The van der Waals surface area contributed by atoms with Crippen LogP contribution < -0.4 is 4.74 Å². The molecule has 0 radical (unpaired) electrons. The van der Waals surface area contributed by atoms with E-state index < -0.39 is 5.97 Å². The molecule has 1 heterocycles. The number of carbonyl (C=O) groups excluding carboxylic acids is 2. The van der Waals surface area contributed by atoms with Gasteiger partial charge in [0.05, 0.1) is 30.4 Å². The van der Waals surface area contributed by atoms with Gasteiger partial charge < -0.3 is 24.2 Å². The average molecular weight is 344 g/mol. The summed E-state index contributed by atoms with van der Waals surface area (Å²) in [6.07, 6.45) is 0. The third-order valence-corrected chi connectivity index (χ3v) is 3.54. The van der Waals surface area contributed by atoms with Gasteiger partial charge in [-0.25, -0.2) is 4.79 Å². The molecule has 0 bridgehead atoms. The molecule has 0 unspecified atom stereocenters. The second-order valence-electron chi connectivity index (χ2n) is 4.81.